The molecule has 1 unspecified atom stereocenters. The maximum atomic E-state index is 3.76. The van der Waals surface area contributed by atoms with Crippen molar-refractivity contribution in [3.8, 4) is 0 Å². The highest BCUT2D eigenvalue weighted by atomic mass is 32.1. The highest BCUT2D eigenvalue weighted by Gasteiger charge is 1.59. The van der Waals surface area contributed by atoms with Crippen molar-refractivity contribution in [1.82, 2.24) is 4.37 Å². The molecule has 42 valence electrons. The lowest BCUT2D eigenvalue weighted by atomic mass is 10.8. The van der Waals surface area contributed by atoms with Crippen LogP contribution in [0.25, 0.3) is 0 Å². The molecule has 0 aliphatic carbocycles. The van der Waals surface area contributed by atoms with Gasteiger partial charge in [-0.25, -0.2) is 4.37 Å². The van der Waals surface area contributed by atoms with Crippen LogP contribution < -0.4 is 0 Å². The van der Waals surface area contributed by atoms with Gasteiger partial charge in [0.2, 0.25) is 0 Å². The molecule has 0 saturated carbocycles. The number of nitrogens with zero attached hydrogens (tertiary/aromatic N) is 1. The van der Waals surface area contributed by atoms with E-state index in [0.717, 1.165) is 0 Å². The minimum Gasteiger partial charge on any atom is -0.201 e. The standard InChI is InChI=1S/C3H3NS.H3P.H2S/c1-2-4-5-3-1;;/h1-3H;1H3;1H2. The van der Waals surface area contributed by atoms with E-state index in [4.69, 9.17) is 0 Å². The second kappa shape index (κ2) is 6.41. The van der Waals surface area contributed by atoms with Crippen molar-refractivity contribution < 1.29 is 0 Å². The van der Waals surface area contributed by atoms with Gasteiger partial charge in [0.05, 0.1) is 0 Å². The molecule has 0 N–H and O–H groups in total. The average Bonchev–Trinajstić information content (AvgIpc) is 1.76. The first-order valence-electron chi connectivity index (χ1n) is 1.34. The summed E-state index contributed by atoms with van der Waals surface area (Å²) < 4.78 is 3.76. The van der Waals surface area contributed by atoms with Crippen LogP contribution in [0.1, 0.15) is 0 Å². The Hall–Kier alpha value is 0.410. The Morgan fingerprint density at radius 3 is 2.29 bits per heavy atom. The zero-order chi connectivity index (χ0) is 3.54. The van der Waals surface area contributed by atoms with E-state index < -0.39 is 0 Å². The molecular weight excluding hydrogens is 145 g/mol. The van der Waals surface area contributed by atoms with Gasteiger partial charge in [0.15, 0.2) is 0 Å². The normalized spacial score (nSPS) is 5.71. The van der Waals surface area contributed by atoms with Crippen LogP contribution in [0.3, 0.4) is 0 Å². The maximum absolute atomic E-state index is 3.76. The molecule has 0 spiro atoms. The van der Waals surface area contributed by atoms with Gasteiger partial charge in [0.1, 0.15) is 0 Å². The van der Waals surface area contributed by atoms with Crippen molar-refractivity contribution in [3.05, 3.63) is 17.6 Å². The van der Waals surface area contributed by atoms with E-state index in [9.17, 15) is 0 Å². The summed E-state index contributed by atoms with van der Waals surface area (Å²) in [6.07, 6.45) is 1.77. The van der Waals surface area contributed by atoms with Crippen molar-refractivity contribution in [2.75, 3.05) is 0 Å². The zero-order valence-corrected chi connectivity index (χ0v) is 7.03. The smallest absolute Gasteiger partial charge is 0.0406 e. The van der Waals surface area contributed by atoms with Crippen LogP contribution >= 0.6 is 34.9 Å². The highest BCUT2D eigenvalue weighted by molar-refractivity contribution is 7.59. The summed E-state index contributed by atoms with van der Waals surface area (Å²) in [5.41, 5.74) is 0. The molecule has 0 bridgehead atoms. The van der Waals surface area contributed by atoms with Crippen molar-refractivity contribution in [1.29, 1.82) is 0 Å². The van der Waals surface area contributed by atoms with Gasteiger partial charge in [-0.2, -0.15) is 23.4 Å². The van der Waals surface area contributed by atoms with Gasteiger partial charge in [-0.3, -0.25) is 0 Å². The molecule has 0 aromatic carbocycles. The fourth-order valence-corrected chi connectivity index (χ4v) is 0.527. The first-order chi connectivity index (χ1) is 2.50. The summed E-state index contributed by atoms with van der Waals surface area (Å²) in [5, 5.41) is 1.93. The van der Waals surface area contributed by atoms with E-state index in [1.165, 1.54) is 11.5 Å². The van der Waals surface area contributed by atoms with E-state index in [0.29, 0.717) is 0 Å². The molecule has 0 aliphatic heterocycles. The summed E-state index contributed by atoms with van der Waals surface area (Å²) in [6, 6.07) is 1.91. The molecule has 0 amide bonds. The first kappa shape index (κ1) is 10.4. The van der Waals surface area contributed by atoms with E-state index in [1.54, 1.807) is 6.20 Å². The summed E-state index contributed by atoms with van der Waals surface area (Å²) >= 11 is 1.46. The molecule has 1 atom stereocenters. The van der Waals surface area contributed by atoms with E-state index in [2.05, 4.69) is 4.37 Å². The van der Waals surface area contributed by atoms with E-state index in [1.807, 2.05) is 11.4 Å². The molecule has 0 aliphatic rings. The second-order valence-corrected chi connectivity index (χ2v) is 1.38. The number of rotatable bonds is 0. The van der Waals surface area contributed by atoms with Gasteiger partial charge in [-0.05, 0) is 17.6 Å². The summed E-state index contributed by atoms with van der Waals surface area (Å²) in [7, 11) is 0. The third-order valence-electron chi connectivity index (χ3n) is 0.347. The number of aromatic nitrogens is 1. The van der Waals surface area contributed by atoms with Crippen LogP contribution in [0, 0.1) is 0 Å². The van der Waals surface area contributed by atoms with Crippen LogP contribution in [0.4, 0.5) is 0 Å². The molecule has 0 radical (unpaired) electrons. The summed E-state index contributed by atoms with van der Waals surface area (Å²) in [4.78, 5) is 0. The van der Waals surface area contributed by atoms with Crippen molar-refractivity contribution in [2.24, 2.45) is 0 Å². The molecule has 7 heavy (non-hydrogen) atoms. The zero-order valence-electron chi connectivity index (χ0n) is 3.79. The Morgan fingerprint density at radius 1 is 1.43 bits per heavy atom. The van der Waals surface area contributed by atoms with Crippen LogP contribution in [0.2, 0.25) is 0 Å². The Labute approximate surface area is 57.4 Å². The van der Waals surface area contributed by atoms with Crippen LogP contribution in [0.5, 0.6) is 0 Å². The maximum Gasteiger partial charge on any atom is 0.0406 e. The lowest BCUT2D eigenvalue weighted by Gasteiger charge is -1.41. The van der Waals surface area contributed by atoms with Crippen LogP contribution in [-0.2, 0) is 0 Å². The minimum absolute atomic E-state index is 0. The van der Waals surface area contributed by atoms with Gasteiger partial charge in [-0.15, -0.1) is 0 Å². The topological polar surface area (TPSA) is 12.9 Å². The van der Waals surface area contributed by atoms with Crippen LogP contribution in [-0.4, -0.2) is 4.37 Å². The lowest BCUT2D eigenvalue weighted by molar-refractivity contribution is 1.58. The SMILES string of the molecule is P.S.c1cnsc1. The van der Waals surface area contributed by atoms with E-state index in [-0.39, 0.29) is 23.4 Å². The van der Waals surface area contributed by atoms with E-state index >= 15 is 0 Å². The predicted octanol–water partition coefficient (Wildman–Crippen LogP) is 1.31. The fraction of sp³-hybridized carbons (Fsp3) is 0. The first-order valence-corrected chi connectivity index (χ1v) is 2.18. The largest absolute Gasteiger partial charge is 0.201 e. The number of hydrogen-bond donors (Lipinski definition) is 0. The molecule has 1 aromatic rings. The third-order valence-corrected chi connectivity index (χ3v) is 0.869. The Kier molecular flexibility index (Phi) is 9.53. The lowest BCUT2D eigenvalue weighted by Crippen LogP contribution is -1.32. The van der Waals surface area contributed by atoms with Crippen molar-refractivity contribution in [3.63, 3.8) is 0 Å². The monoisotopic (exact) mass is 153 g/mol. The number of hydrogen-bond acceptors (Lipinski definition) is 2. The molecule has 4 heteroatoms. The Morgan fingerprint density at radius 2 is 2.14 bits per heavy atom. The third kappa shape index (κ3) is 4.26. The molecule has 0 fully saturated rings. The predicted molar refractivity (Wildman–Crippen MR) is 43.6 cm³/mol. The van der Waals surface area contributed by atoms with Gasteiger partial charge in [-0.1, -0.05) is 0 Å². The molecule has 1 nitrogen and oxygen atoms in total. The van der Waals surface area contributed by atoms with Crippen molar-refractivity contribution in [2.45, 2.75) is 0 Å². The van der Waals surface area contributed by atoms with Gasteiger partial charge in [0.25, 0.3) is 0 Å². The Balaban J connectivity index is 0. The summed E-state index contributed by atoms with van der Waals surface area (Å²) in [5.74, 6) is 0. The fourth-order valence-electron chi connectivity index (χ4n) is 0.176. The van der Waals surface area contributed by atoms with Gasteiger partial charge < -0.3 is 0 Å². The Bertz CT molecular complexity index is 69.4. The van der Waals surface area contributed by atoms with Crippen molar-refractivity contribution >= 4 is 34.9 Å². The quantitative estimate of drug-likeness (QED) is 0.512. The molecule has 1 rings (SSSR count). The molecular formula is C3H8NPS2. The van der Waals surface area contributed by atoms with Gasteiger partial charge >= 0.3 is 0 Å². The average molecular weight is 153 g/mol. The molecule has 1 aromatic heterocycles. The highest BCUT2D eigenvalue weighted by Crippen LogP contribution is 1.83. The summed E-state index contributed by atoms with van der Waals surface area (Å²) in [6.45, 7) is 0. The molecule has 1 heterocycles. The van der Waals surface area contributed by atoms with Crippen LogP contribution in [0.15, 0.2) is 17.6 Å². The second-order valence-electron chi connectivity index (χ2n) is 0.688. The minimum atomic E-state index is 0. The molecule has 0 saturated heterocycles. The van der Waals surface area contributed by atoms with Gasteiger partial charge in [0, 0.05) is 11.6 Å².